The van der Waals surface area contributed by atoms with E-state index in [1.54, 1.807) is 12.1 Å². The molecule has 3 rings (SSSR count). The van der Waals surface area contributed by atoms with E-state index < -0.39 is 0 Å². The van der Waals surface area contributed by atoms with E-state index in [4.69, 9.17) is 0 Å². The second kappa shape index (κ2) is 6.12. The number of nitrogens with zero attached hydrogens (tertiary/aromatic N) is 1. The predicted molar refractivity (Wildman–Crippen MR) is 84.1 cm³/mol. The van der Waals surface area contributed by atoms with Gasteiger partial charge in [-0.3, -0.25) is 9.59 Å². The zero-order valence-corrected chi connectivity index (χ0v) is 12.5. The van der Waals surface area contributed by atoms with Crippen LogP contribution in [0.5, 0.6) is 0 Å². The van der Waals surface area contributed by atoms with Gasteiger partial charge in [0.15, 0.2) is 6.04 Å². The van der Waals surface area contributed by atoms with Crippen LogP contribution in [-0.4, -0.2) is 17.9 Å². The summed E-state index contributed by atoms with van der Waals surface area (Å²) in [5.74, 6) is -0.253. The Balaban J connectivity index is 1.74. The third kappa shape index (κ3) is 2.78. The molecule has 2 atom stereocenters. The number of hydrogen-bond donors (Lipinski definition) is 1. The first-order valence-corrected chi connectivity index (χ1v) is 7.48. The quantitative estimate of drug-likeness (QED) is 0.872. The topological polar surface area (TPSA) is 54.0 Å². The van der Waals surface area contributed by atoms with Crippen LogP contribution < -0.4 is 10.2 Å². The Hall–Kier alpha value is -2.46. The van der Waals surface area contributed by atoms with E-state index in [1.807, 2.05) is 53.8 Å². The van der Waals surface area contributed by atoms with Crippen LogP contribution in [0.3, 0.4) is 0 Å². The molecule has 1 aliphatic rings. The number of amides is 2. The van der Waals surface area contributed by atoms with E-state index >= 15 is 0 Å². The number of quaternary nitrogens is 1. The normalized spacial score (nSPS) is 19.5. The number of benzene rings is 2. The number of carbonyl (C=O) groups is 2. The fourth-order valence-electron chi connectivity index (χ4n) is 2.87. The molecule has 0 saturated carbocycles. The maximum Gasteiger partial charge on any atom is 0.292 e. The van der Waals surface area contributed by atoms with Gasteiger partial charge in [0.05, 0.1) is 12.1 Å². The average molecular weight is 295 g/mol. The maximum atomic E-state index is 12.6. The summed E-state index contributed by atoms with van der Waals surface area (Å²) in [7, 11) is 0. The van der Waals surface area contributed by atoms with Crippen molar-refractivity contribution in [1.82, 2.24) is 0 Å². The summed E-state index contributed by atoms with van der Waals surface area (Å²) in [6.45, 7) is 2.05. The third-order valence-electron chi connectivity index (χ3n) is 4.04. The van der Waals surface area contributed by atoms with E-state index in [0.29, 0.717) is 5.69 Å². The molecule has 0 spiro atoms. The van der Waals surface area contributed by atoms with Gasteiger partial charge in [0.1, 0.15) is 6.04 Å². The number of nitrogens with two attached hydrogens (primary N) is 1. The van der Waals surface area contributed by atoms with Gasteiger partial charge in [-0.2, -0.15) is 0 Å². The van der Waals surface area contributed by atoms with Crippen molar-refractivity contribution in [3.05, 3.63) is 66.2 Å². The van der Waals surface area contributed by atoms with Crippen LogP contribution in [0.25, 0.3) is 0 Å². The van der Waals surface area contributed by atoms with E-state index in [1.165, 1.54) is 4.90 Å². The summed E-state index contributed by atoms with van der Waals surface area (Å²) >= 11 is 0. The molecule has 1 saturated heterocycles. The Morgan fingerprint density at radius 3 is 2.23 bits per heavy atom. The highest BCUT2D eigenvalue weighted by atomic mass is 16.2. The number of carbonyl (C=O) groups excluding carboxylic acids is 2. The first kappa shape index (κ1) is 14.5. The van der Waals surface area contributed by atoms with Gasteiger partial charge in [-0.1, -0.05) is 48.5 Å². The molecule has 0 bridgehead atoms. The summed E-state index contributed by atoms with van der Waals surface area (Å²) in [6, 6.07) is 18.9. The summed E-state index contributed by atoms with van der Waals surface area (Å²) in [5.41, 5.74) is 1.81. The average Bonchev–Trinajstić information content (AvgIpc) is 2.83. The first-order valence-electron chi connectivity index (χ1n) is 7.48. The van der Waals surface area contributed by atoms with Gasteiger partial charge in [-0.15, -0.1) is 0 Å². The minimum absolute atomic E-state index is 0.126. The number of rotatable bonds is 4. The Kier molecular flexibility index (Phi) is 4.02. The highest BCUT2D eigenvalue weighted by molar-refractivity contribution is 6.21. The summed E-state index contributed by atoms with van der Waals surface area (Å²) in [5, 5.41) is 1.98. The predicted octanol–water partition coefficient (Wildman–Crippen LogP) is 1.64. The van der Waals surface area contributed by atoms with Crippen molar-refractivity contribution in [1.29, 1.82) is 0 Å². The maximum absolute atomic E-state index is 12.6. The van der Waals surface area contributed by atoms with E-state index in [0.717, 1.165) is 5.56 Å². The highest BCUT2D eigenvalue weighted by Gasteiger charge is 2.42. The van der Waals surface area contributed by atoms with Gasteiger partial charge < -0.3 is 5.32 Å². The van der Waals surface area contributed by atoms with Crippen LogP contribution in [-0.2, 0) is 9.59 Å². The number of imide groups is 1. The molecule has 112 valence electrons. The van der Waals surface area contributed by atoms with E-state index in [9.17, 15) is 9.59 Å². The van der Waals surface area contributed by atoms with Crippen LogP contribution in [0.1, 0.15) is 24.9 Å². The Morgan fingerprint density at radius 1 is 1.00 bits per heavy atom. The first-order chi connectivity index (χ1) is 10.7. The van der Waals surface area contributed by atoms with Crippen molar-refractivity contribution in [3.63, 3.8) is 0 Å². The molecule has 4 nitrogen and oxygen atoms in total. The van der Waals surface area contributed by atoms with Crippen molar-refractivity contribution in [2.24, 2.45) is 0 Å². The lowest BCUT2D eigenvalue weighted by molar-refractivity contribution is -0.711. The fraction of sp³-hybridized carbons (Fsp3) is 0.222. The molecule has 0 radical (unpaired) electrons. The molecule has 4 heteroatoms. The van der Waals surface area contributed by atoms with E-state index in [2.05, 4.69) is 6.92 Å². The van der Waals surface area contributed by atoms with Crippen LogP contribution in [0, 0.1) is 0 Å². The number of hydrogen-bond acceptors (Lipinski definition) is 2. The lowest BCUT2D eigenvalue weighted by Crippen LogP contribution is -2.91. The molecule has 22 heavy (non-hydrogen) atoms. The van der Waals surface area contributed by atoms with Crippen molar-refractivity contribution in [2.75, 3.05) is 4.90 Å². The summed E-state index contributed by atoms with van der Waals surface area (Å²) < 4.78 is 0. The molecule has 2 amide bonds. The number of para-hydroxylation sites is 1. The van der Waals surface area contributed by atoms with Crippen molar-refractivity contribution in [3.8, 4) is 0 Å². The molecule has 2 aromatic rings. The van der Waals surface area contributed by atoms with Crippen LogP contribution in [0.15, 0.2) is 60.7 Å². The third-order valence-corrected chi connectivity index (χ3v) is 4.04. The van der Waals surface area contributed by atoms with Crippen molar-refractivity contribution >= 4 is 17.5 Å². The molecule has 1 heterocycles. The van der Waals surface area contributed by atoms with Gasteiger partial charge >= 0.3 is 0 Å². The Labute approximate surface area is 129 Å². The molecule has 1 aliphatic heterocycles. The summed E-state index contributed by atoms with van der Waals surface area (Å²) in [4.78, 5) is 26.1. The van der Waals surface area contributed by atoms with Crippen molar-refractivity contribution in [2.45, 2.75) is 25.4 Å². The van der Waals surface area contributed by atoms with Gasteiger partial charge in [-0.25, -0.2) is 4.90 Å². The monoisotopic (exact) mass is 295 g/mol. The minimum Gasteiger partial charge on any atom is -0.330 e. The second-order valence-corrected chi connectivity index (χ2v) is 5.61. The molecule has 0 aliphatic carbocycles. The largest absolute Gasteiger partial charge is 0.330 e. The van der Waals surface area contributed by atoms with Crippen molar-refractivity contribution < 1.29 is 14.9 Å². The second-order valence-electron chi connectivity index (χ2n) is 5.61. The zero-order chi connectivity index (χ0) is 15.5. The molecule has 0 unspecified atom stereocenters. The van der Waals surface area contributed by atoms with Gasteiger partial charge in [0, 0.05) is 5.56 Å². The zero-order valence-electron chi connectivity index (χ0n) is 12.5. The lowest BCUT2D eigenvalue weighted by Gasteiger charge is -2.16. The fourth-order valence-corrected chi connectivity index (χ4v) is 2.87. The lowest BCUT2D eigenvalue weighted by atomic mass is 10.1. The summed E-state index contributed by atoms with van der Waals surface area (Å²) in [6.07, 6.45) is 0.255. The Morgan fingerprint density at radius 2 is 1.59 bits per heavy atom. The SMILES string of the molecule is C[C@H]([NH2+][C@H]1CC(=O)N(c2ccccc2)C1=O)c1ccccc1. The van der Waals surface area contributed by atoms with Gasteiger partial charge in [0.25, 0.3) is 5.91 Å². The molecule has 1 fully saturated rings. The Bertz CT molecular complexity index is 670. The van der Waals surface area contributed by atoms with Crippen LogP contribution in [0.4, 0.5) is 5.69 Å². The highest BCUT2D eigenvalue weighted by Crippen LogP contribution is 2.21. The standard InChI is InChI=1S/C18H18N2O2/c1-13(14-8-4-2-5-9-14)19-16-12-17(21)20(18(16)22)15-10-6-3-7-11-15/h2-11,13,16,19H,12H2,1H3/p+1/t13-,16-/m0/s1. The number of anilines is 1. The smallest absolute Gasteiger partial charge is 0.292 e. The molecule has 2 aromatic carbocycles. The van der Waals surface area contributed by atoms with E-state index in [-0.39, 0.29) is 30.3 Å². The van der Waals surface area contributed by atoms with Crippen LogP contribution in [0.2, 0.25) is 0 Å². The molecule has 0 aromatic heterocycles. The van der Waals surface area contributed by atoms with Gasteiger partial charge in [-0.05, 0) is 19.1 Å². The van der Waals surface area contributed by atoms with Crippen LogP contribution >= 0.6 is 0 Å². The molecule has 2 N–H and O–H groups in total. The molecular formula is C18H19N2O2+. The minimum atomic E-state index is -0.345. The van der Waals surface area contributed by atoms with Gasteiger partial charge in [0.2, 0.25) is 5.91 Å². The molecular weight excluding hydrogens is 276 g/mol.